The van der Waals surface area contributed by atoms with Gasteiger partial charge in [0.05, 0.1) is 6.04 Å². The third kappa shape index (κ3) is 4.87. The first-order chi connectivity index (χ1) is 17.1. The Hall–Kier alpha value is -4.96. The number of H-pyrrole nitrogens is 1. The van der Waals surface area contributed by atoms with E-state index in [0.29, 0.717) is 11.3 Å². The van der Waals surface area contributed by atoms with Crippen LogP contribution >= 0.6 is 0 Å². The minimum absolute atomic E-state index is 0.139. The number of aromatic hydroxyl groups is 1. The van der Waals surface area contributed by atoms with Crippen molar-refractivity contribution in [1.29, 1.82) is 0 Å². The standard InChI is InChI=1S/C28H19FN4O2/c29-21-9-10-26(34)22(16-21)27(24-15-20-5-1-2-6-23(20)32-24)33-28(35)25-14-18(11-13-31-25)7-8-19-4-3-12-30-17-19/h1-6,9-17,27,32,34H,(H,33,35)/t27-/m1/s1. The van der Waals surface area contributed by atoms with E-state index in [4.69, 9.17) is 0 Å². The van der Waals surface area contributed by atoms with Crippen molar-refractivity contribution in [2.45, 2.75) is 6.04 Å². The molecule has 6 nitrogen and oxygen atoms in total. The first kappa shape index (κ1) is 21.9. The first-order valence-electron chi connectivity index (χ1n) is 10.8. The maximum Gasteiger partial charge on any atom is 0.270 e. The summed E-state index contributed by atoms with van der Waals surface area (Å²) in [5, 5.41) is 14.3. The Labute approximate surface area is 200 Å². The van der Waals surface area contributed by atoms with Gasteiger partial charge in [0.15, 0.2) is 0 Å². The van der Waals surface area contributed by atoms with Gasteiger partial charge in [-0.05, 0) is 60.0 Å². The third-order valence-electron chi connectivity index (χ3n) is 5.44. The molecule has 0 saturated carbocycles. The van der Waals surface area contributed by atoms with Gasteiger partial charge in [0, 0.05) is 46.5 Å². The van der Waals surface area contributed by atoms with Crippen LogP contribution in [0.15, 0.2) is 91.4 Å². The highest BCUT2D eigenvalue weighted by Crippen LogP contribution is 2.31. The second-order valence-corrected chi connectivity index (χ2v) is 7.84. The number of carbonyl (C=O) groups excluding carboxylic acids is 1. The molecule has 0 aliphatic rings. The molecular formula is C28H19FN4O2. The summed E-state index contributed by atoms with van der Waals surface area (Å²) >= 11 is 0. The molecular weight excluding hydrogens is 443 g/mol. The number of nitrogens with one attached hydrogen (secondary N) is 2. The normalized spacial score (nSPS) is 11.5. The lowest BCUT2D eigenvalue weighted by Crippen LogP contribution is -2.30. The Morgan fingerprint density at radius 3 is 2.66 bits per heavy atom. The molecule has 3 N–H and O–H groups in total. The quantitative estimate of drug-likeness (QED) is 0.337. The smallest absolute Gasteiger partial charge is 0.270 e. The molecule has 7 heteroatoms. The van der Waals surface area contributed by atoms with Crippen LogP contribution in [0.5, 0.6) is 5.75 Å². The molecule has 5 aromatic rings. The second-order valence-electron chi connectivity index (χ2n) is 7.84. The Balaban J connectivity index is 1.48. The Bertz CT molecular complexity index is 1550. The van der Waals surface area contributed by atoms with Crippen molar-refractivity contribution in [2.24, 2.45) is 0 Å². The lowest BCUT2D eigenvalue weighted by Gasteiger charge is -2.19. The monoisotopic (exact) mass is 462 g/mol. The average Bonchev–Trinajstić information content (AvgIpc) is 3.32. The highest BCUT2D eigenvalue weighted by molar-refractivity contribution is 5.93. The first-order valence-corrected chi connectivity index (χ1v) is 10.8. The molecule has 3 heterocycles. The van der Waals surface area contributed by atoms with E-state index in [2.05, 4.69) is 32.1 Å². The molecule has 2 aromatic carbocycles. The molecule has 5 rings (SSSR count). The summed E-state index contributed by atoms with van der Waals surface area (Å²) < 4.78 is 14.1. The fourth-order valence-electron chi connectivity index (χ4n) is 3.75. The number of benzene rings is 2. The summed E-state index contributed by atoms with van der Waals surface area (Å²) in [5.74, 6) is 4.83. The highest BCUT2D eigenvalue weighted by atomic mass is 19.1. The van der Waals surface area contributed by atoms with Gasteiger partial charge in [-0.15, -0.1) is 0 Å². The van der Waals surface area contributed by atoms with Crippen LogP contribution in [0.1, 0.15) is 38.9 Å². The summed E-state index contributed by atoms with van der Waals surface area (Å²) in [6.45, 7) is 0. The molecule has 0 aliphatic carbocycles. The fraction of sp³-hybridized carbons (Fsp3) is 0.0357. The predicted octanol–water partition coefficient (Wildman–Crippen LogP) is 4.72. The van der Waals surface area contributed by atoms with Crippen LogP contribution in [0.25, 0.3) is 10.9 Å². The zero-order chi connectivity index (χ0) is 24.2. The average molecular weight is 462 g/mol. The molecule has 170 valence electrons. The van der Waals surface area contributed by atoms with Crippen molar-refractivity contribution in [2.75, 3.05) is 0 Å². The Morgan fingerprint density at radius 2 is 1.83 bits per heavy atom. The number of halogens is 1. The van der Waals surface area contributed by atoms with Crippen LogP contribution < -0.4 is 5.32 Å². The third-order valence-corrected chi connectivity index (χ3v) is 5.44. The summed E-state index contributed by atoms with van der Waals surface area (Å²) in [7, 11) is 0. The van der Waals surface area contributed by atoms with Gasteiger partial charge in [-0.1, -0.05) is 30.0 Å². The molecule has 0 fully saturated rings. The number of phenolic OH excluding ortho intramolecular Hbond substituents is 1. The molecule has 3 aromatic heterocycles. The number of hydrogen-bond acceptors (Lipinski definition) is 4. The van der Waals surface area contributed by atoms with Crippen molar-refractivity contribution in [3.05, 3.63) is 125 Å². The van der Waals surface area contributed by atoms with Gasteiger partial charge in [0.1, 0.15) is 17.3 Å². The van der Waals surface area contributed by atoms with Crippen molar-refractivity contribution >= 4 is 16.8 Å². The van der Waals surface area contributed by atoms with E-state index in [1.165, 1.54) is 18.3 Å². The van der Waals surface area contributed by atoms with E-state index >= 15 is 0 Å². The highest BCUT2D eigenvalue weighted by Gasteiger charge is 2.24. The number of para-hydroxylation sites is 1. The number of pyridine rings is 2. The van der Waals surface area contributed by atoms with Crippen molar-refractivity contribution < 1.29 is 14.3 Å². The maximum absolute atomic E-state index is 14.1. The van der Waals surface area contributed by atoms with Crippen molar-refractivity contribution in [3.63, 3.8) is 0 Å². The number of aromatic amines is 1. The predicted molar refractivity (Wildman–Crippen MR) is 130 cm³/mol. The van der Waals surface area contributed by atoms with Gasteiger partial charge < -0.3 is 15.4 Å². The summed E-state index contributed by atoms with van der Waals surface area (Å²) in [5.41, 5.74) is 3.15. The second kappa shape index (κ2) is 9.49. The topological polar surface area (TPSA) is 90.9 Å². The molecule has 0 saturated heterocycles. The summed E-state index contributed by atoms with van der Waals surface area (Å²) in [6, 6.07) is 19.1. The largest absolute Gasteiger partial charge is 0.508 e. The van der Waals surface area contributed by atoms with Gasteiger partial charge in [-0.25, -0.2) is 4.39 Å². The van der Waals surface area contributed by atoms with Crippen molar-refractivity contribution in [3.8, 4) is 17.6 Å². The number of nitrogens with zero attached hydrogens (tertiary/aromatic N) is 2. The number of hydrogen-bond donors (Lipinski definition) is 3. The molecule has 0 unspecified atom stereocenters. The Morgan fingerprint density at radius 1 is 0.971 bits per heavy atom. The van der Waals surface area contributed by atoms with Crippen LogP contribution in [0, 0.1) is 17.7 Å². The lowest BCUT2D eigenvalue weighted by atomic mass is 10.0. The van der Waals surface area contributed by atoms with E-state index in [0.717, 1.165) is 22.5 Å². The van der Waals surface area contributed by atoms with E-state index in [-0.39, 0.29) is 17.0 Å². The van der Waals surface area contributed by atoms with E-state index in [9.17, 15) is 14.3 Å². The van der Waals surface area contributed by atoms with Crippen LogP contribution in [0.3, 0.4) is 0 Å². The van der Waals surface area contributed by atoms with Gasteiger partial charge in [-0.3, -0.25) is 14.8 Å². The molecule has 0 spiro atoms. The van der Waals surface area contributed by atoms with Gasteiger partial charge >= 0.3 is 0 Å². The molecule has 0 bridgehead atoms. The van der Waals surface area contributed by atoms with Crippen LogP contribution in [-0.4, -0.2) is 26.0 Å². The lowest BCUT2D eigenvalue weighted by molar-refractivity contribution is 0.0937. The number of rotatable bonds is 4. The number of carbonyl (C=O) groups is 1. The molecule has 1 amide bonds. The minimum atomic E-state index is -0.850. The van der Waals surface area contributed by atoms with Crippen molar-refractivity contribution in [1.82, 2.24) is 20.3 Å². The SMILES string of the molecule is O=C(N[C@@H](c1cc2ccccc2[nH]1)c1cc(F)ccc1O)c1cc(C#Cc2cccnc2)ccn1. The number of phenols is 1. The molecule has 35 heavy (non-hydrogen) atoms. The Kier molecular flexibility index (Phi) is 5.93. The molecule has 0 radical (unpaired) electrons. The maximum atomic E-state index is 14.1. The van der Waals surface area contributed by atoms with E-state index in [1.54, 1.807) is 30.6 Å². The van der Waals surface area contributed by atoms with Crippen LogP contribution in [0.4, 0.5) is 4.39 Å². The summed E-state index contributed by atoms with van der Waals surface area (Å²) in [4.78, 5) is 24.7. The molecule has 0 aliphatic heterocycles. The fourth-order valence-corrected chi connectivity index (χ4v) is 3.75. The number of fused-ring (bicyclic) bond motifs is 1. The zero-order valence-corrected chi connectivity index (χ0v) is 18.4. The zero-order valence-electron chi connectivity index (χ0n) is 18.4. The van der Waals surface area contributed by atoms with E-state index < -0.39 is 17.8 Å². The van der Waals surface area contributed by atoms with Gasteiger partial charge in [0.25, 0.3) is 5.91 Å². The van der Waals surface area contributed by atoms with E-state index in [1.807, 2.05) is 36.4 Å². The van der Waals surface area contributed by atoms with Crippen LogP contribution in [0.2, 0.25) is 0 Å². The minimum Gasteiger partial charge on any atom is -0.508 e. The van der Waals surface area contributed by atoms with Gasteiger partial charge in [-0.2, -0.15) is 0 Å². The summed E-state index contributed by atoms with van der Waals surface area (Å²) in [6.07, 6.45) is 4.82. The van der Waals surface area contributed by atoms with Crippen LogP contribution in [-0.2, 0) is 0 Å². The number of amides is 1. The number of aromatic nitrogens is 3. The van der Waals surface area contributed by atoms with Gasteiger partial charge in [0.2, 0.25) is 0 Å². The molecule has 1 atom stereocenters.